The monoisotopic (exact) mass is 298 g/mol. The first kappa shape index (κ1) is 18.0. The van der Waals surface area contributed by atoms with E-state index in [0.717, 1.165) is 19.1 Å². The van der Waals surface area contributed by atoms with Crippen LogP contribution in [0.25, 0.3) is 0 Å². The van der Waals surface area contributed by atoms with Crippen LogP contribution in [0.3, 0.4) is 0 Å². The van der Waals surface area contributed by atoms with Crippen molar-refractivity contribution in [3.05, 3.63) is 0 Å². The van der Waals surface area contributed by atoms with Crippen LogP contribution in [0, 0.1) is 5.92 Å². The molecule has 0 aromatic rings. The second-order valence-electron chi connectivity index (χ2n) is 7.86. The standard InChI is InChI=1S/C16H30N2O3/c1-15(2,3)17-13(11-19)12-7-9-18(10-8-12)14(20)21-16(4,5)6/h11-13,17H,7-10H2,1-6H3. The van der Waals surface area contributed by atoms with Gasteiger partial charge in [0.15, 0.2) is 0 Å². The fourth-order valence-electron chi connectivity index (χ4n) is 2.53. The van der Waals surface area contributed by atoms with E-state index in [1.807, 2.05) is 20.8 Å². The van der Waals surface area contributed by atoms with Crippen LogP contribution in [0.1, 0.15) is 54.4 Å². The molecule has 1 saturated heterocycles. The lowest BCUT2D eigenvalue weighted by Gasteiger charge is -2.37. The molecular formula is C16H30N2O3. The molecule has 1 atom stereocenters. The summed E-state index contributed by atoms with van der Waals surface area (Å²) in [6.07, 6.45) is 2.39. The Balaban J connectivity index is 2.51. The maximum absolute atomic E-state index is 12.0. The second-order valence-corrected chi connectivity index (χ2v) is 7.86. The van der Waals surface area contributed by atoms with E-state index in [1.54, 1.807) is 4.90 Å². The third-order valence-electron chi connectivity index (χ3n) is 3.45. The van der Waals surface area contributed by atoms with Gasteiger partial charge in [0.2, 0.25) is 0 Å². The number of aldehydes is 1. The average Bonchev–Trinajstić information content (AvgIpc) is 2.33. The Morgan fingerprint density at radius 3 is 2.10 bits per heavy atom. The number of piperidine rings is 1. The lowest BCUT2D eigenvalue weighted by molar-refractivity contribution is -0.111. The van der Waals surface area contributed by atoms with Crippen LogP contribution in [-0.4, -0.2) is 47.6 Å². The minimum Gasteiger partial charge on any atom is -0.444 e. The first-order valence-corrected chi connectivity index (χ1v) is 7.73. The third-order valence-corrected chi connectivity index (χ3v) is 3.45. The molecule has 0 saturated carbocycles. The van der Waals surface area contributed by atoms with E-state index in [1.165, 1.54) is 0 Å². The highest BCUT2D eigenvalue weighted by molar-refractivity contribution is 5.68. The van der Waals surface area contributed by atoms with Crippen molar-refractivity contribution >= 4 is 12.4 Å². The van der Waals surface area contributed by atoms with Gasteiger partial charge in [-0.3, -0.25) is 0 Å². The summed E-state index contributed by atoms with van der Waals surface area (Å²) in [5.41, 5.74) is -0.555. The summed E-state index contributed by atoms with van der Waals surface area (Å²) in [7, 11) is 0. The smallest absolute Gasteiger partial charge is 0.410 e. The minimum atomic E-state index is -0.465. The van der Waals surface area contributed by atoms with Crippen molar-refractivity contribution in [3.63, 3.8) is 0 Å². The summed E-state index contributed by atoms with van der Waals surface area (Å²) in [6, 6.07) is -0.147. The average molecular weight is 298 g/mol. The number of ether oxygens (including phenoxy) is 1. The zero-order valence-corrected chi connectivity index (χ0v) is 14.2. The van der Waals surface area contributed by atoms with E-state index in [2.05, 4.69) is 26.1 Å². The lowest BCUT2D eigenvalue weighted by atomic mass is 9.88. The molecule has 5 nitrogen and oxygen atoms in total. The van der Waals surface area contributed by atoms with Gasteiger partial charge >= 0.3 is 6.09 Å². The summed E-state index contributed by atoms with van der Waals surface area (Å²) in [4.78, 5) is 25.1. The number of rotatable bonds is 3. The Morgan fingerprint density at radius 1 is 1.19 bits per heavy atom. The molecule has 0 aromatic carbocycles. The fraction of sp³-hybridized carbons (Fsp3) is 0.875. The summed E-state index contributed by atoms with van der Waals surface area (Å²) in [6.45, 7) is 13.1. The Morgan fingerprint density at radius 2 is 1.71 bits per heavy atom. The molecule has 0 aromatic heterocycles. The first-order chi connectivity index (χ1) is 9.52. The number of hydrogen-bond acceptors (Lipinski definition) is 4. The molecule has 1 amide bonds. The minimum absolute atomic E-state index is 0.0894. The van der Waals surface area contributed by atoms with Gasteiger partial charge in [-0.05, 0) is 60.3 Å². The Kier molecular flexibility index (Phi) is 5.79. The molecule has 0 radical (unpaired) electrons. The fourth-order valence-corrected chi connectivity index (χ4v) is 2.53. The van der Waals surface area contributed by atoms with E-state index < -0.39 is 5.60 Å². The van der Waals surface area contributed by atoms with Gasteiger partial charge in [-0.15, -0.1) is 0 Å². The van der Waals surface area contributed by atoms with E-state index in [9.17, 15) is 9.59 Å². The van der Waals surface area contributed by atoms with Gasteiger partial charge < -0.3 is 19.7 Å². The molecule has 1 N–H and O–H groups in total. The molecular weight excluding hydrogens is 268 g/mol. The van der Waals surface area contributed by atoms with E-state index in [4.69, 9.17) is 4.74 Å². The first-order valence-electron chi connectivity index (χ1n) is 7.73. The zero-order valence-electron chi connectivity index (χ0n) is 14.2. The van der Waals surface area contributed by atoms with Crippen molar-refractivity contribution < 1.29 is 14.3 Å². The van der Waals surface area contributed by atoms with Crippen molar-refractivity contribution in [2.45, 2.75) is 71.6 Å². The van der Waals surface area contributed by atoms with Crippen LogP contribution in [0.4, 0.5) is 4.79 Å². The lowest BCUT2D eigenvalue weighted by Crippen LogP contribution is -2.51. The molecule has 1 aliphatic rings. The van der Waals surface area contributed by atoms with Gasteiger partial charge in [-0.25, -0.2) is 4.79 Å². The number of carbonyl (C=O) groups excluding carboxylic acids is 2. The highest BCUT2D eigenvalue weighted by atomic mass is 16.6. The predicted molar refractivity (Wildman–Crippen MR) is 83.3 cm³/mol. The van der Waals surface area contributed by atoms with Crippen LogP contribution in [0.15, 0.2) is 0 Å². The van der Waals surface area contributed by atoms with Crippen LogP contribution < -0.4 is 5.32 Å². The van der Waals surface area contributed by atoms with Crippen LogP contribution in [-0.2, 0) is 9.53 Å². The summed E-state index contributed by atoms with van der Waals surface area (Å²) in [5, 5.41) is 3.36. The molecule has 0 bridgehead atoms. The Hall–Kier alpha value is -1.10. The molecule has 122 valence electrons. The molecule has 1 heterocycles. The van der Waals surface area contributed by atoms with Crippen LogP contribution in [0.5, 0.6) is 0 Å². The number of amides is 1. The van der Waals surface area contributed by atoms with Crippen LogP contribution in [0.2, 0.25) is 0 Å². The van der Waals surface area contributed by atoms with Crippen LogP contribution >= 0.6 is 0 Å². The zero-order chi connectivity index (χ0) is 16.3. The number of nitrogens with one attached hydrogen (secondary N) is 1. The number of nitrogens with zero attached hydrogens (tertiary/aromatic N) is 1. The van der Waals surface area contributed by atoms with Crippen molar-refractivity contribution in [1.29, 1.82) is 0 Å². The van der Waals surface area contributed by atoms with Gasteiger partial charge in [0.05, 0.1) is 6.04 Å². The van der Waals surface area contributed by atoms with Gasteiger partial charge in [-0.2, -0.15) is 0 Å². The molecule has 1 aliphatic heterocycles. The number of carbonyl (C=O) groups is 2. The number of likely N-dealkylation sites (tertiary alicyclic amines) is 1. The molecule has 5 heteroatoms. The highest BCUT2D eigenvalue weighted by Gasteiger charge is 2.31. The molecule has 21 heavy (non-hydrogen) atoms. The third kappa shape index (κ3) is 6.46. The highest BCUT2D eigenvalue weighted by Crippen LogP contribution is 2.23. The SMILES string of the molecule is CC(C)(C)NC(C=O)C1CCN(C(=O)OC(C)(C)C)CC1. The summed E-state index contributed by atoms with van der Waals surface area (Å²) < 4.78 is 5.38. The molecule has 1 fully saturated rings. The molecule has 0 spiro atoms. The van der Waals surface area contributed by atoms with Crippen molar-refractivity contribution in [2.24, 2.45) is 5.92 Å². The maximum Gasteiger partial charge on any atom is 0.410 e. The van der Waals surface area contributed by atoms with Crippen molar-refractivity contribution in [3.8, 4) is 0 Å². The topological polar surface area (TPSA) is 58.6 Å². The Labute approximate surface area is 128 Å². The molecule has 0 aliphatic carbocycles. The summed E-state index contributed by atoms with van der Waals surface area (Å²) >= 11 is 0. The Bertz CT molecular complexity index is 361. The van der Waals surface area contributed by atoms with Gasteiger partial charge in [-0.1, -0.05) is 0 Å². The van der Waals surface area contributed by atoms with Gasteiger partial charge in [0, 0.05) is 18.6 Å². The van der Waals surface area contributed by atoms with Gasteiger partial charge in [0.1, 0.15) is 11.9 Å². The van der Waals surface area contributed by atoms with E-state index >= 15 is 0 Å². The normalized spacial score (nSPS) is 19.2. The molecule has 1 unspecified atom stereocenters. The van der Waals surface area contributed by atoms with Crippen molar-refractivity contribution in [2.75, 3.05) is 13.1 Å². The number of hydrogen-bond donors (Lipinski definition) is 1. The van der Waals surface area contributed by atoms with E-state index in [-0.39, 0.29) is 23.6 Å². The van der Waals surface area contributed by atoms with Crippen molar-refractivity contribution in [1.82, 2.24) is 10.2 Å². The maximum atomic E-state index is 12.0. The quantitative estimate of drug-likeness (QED) is 0.814. The predicted octanol–water partition coefficient (Wildman–Crippen LogP) is 2.59. The largest absolute Gasteiger partial charge is 0.444 e. The van der Waals surface area contributed by atoms with E-state index in [0.29, 0.717) is 13.1 Å². The van der Waals surface area contributed by atoms with Gasteiger partial charge in [0.25, 0.3) is 0 Å². The molecule has 1 rings (SSSR count). The summed E-state index contributed by atoms with van der Waals surface area (Å²) in [5.74, 6) is 0.278. The second kappa shape index (κ2) is 6.77.